The van der Waals surface area contributed by atoms with E-state index in [1.807, 2.05) is 0 Å². The molecule has 1 heterocycles. The van der Waals surface area contributed by atoms with Gasteiger partial charge in [-0.3, -0.25) is 4.79 Å². The van der Waals surface area contributed by atoms with Gasteiger partial charge in [-0.1, -0.05) is 0 Å². The molecule has 0 aromatic rings. The number of carboxylic acid groups (broad SMARTS) is 1. The third-order valence-electron chi connectivity index (χ3n) is 2.68. The van der Waals surface area contributed by atoms with E-state index >= 15 is 0 Å². The largest absolute Gasteiger partial charge is 0.479 e. The Morgan fingerprint density at radius 3 is 2.24 bits per heavy atom. The number of hydrogen-bond acceptors (Lipinski definition) is 5. The Kier molecular flexibility index (Phi) is 5.95. The van der Waals surface area contributed by atoms with Crippen molar-refractivity contribution >= 4 is 18.0 Å². The number of hydrogen-bond donors (Lipinski definition) is 3. The molecule has 21 heavy (non-hydrogen) atoms. The highest BCUT2D eigenvalue weighted by atomic mass is 16.6. The van der Waals surface area contributed by atoms with E-state index in [0.29, 0.717) is 12.8 Å². The van der Waals surface area contributed by atoms with Crippen LogP contribution in [0.25, 0.3) is 0 Å². The molecule has 0 spiro atoms. The highest BCUT2D eigenvalue weighted by Gasteiger charge is 2.34. The second kappa shape index (κ2) is 7.26. The van der Waals surface area contributed by atoms with Gasteiger partial charge >= 0.3 is 12.1 Å². The zero-order valence-corrected chi connectivity index (χ0v) is 12.5. The zero-order chi connectivity index (χ0) is 16.0. The molecule has 8 heteroatoms. The summed E-state index contributed by atoms with van der Waals surface area (Å²) in [5, 5.41) is 13.8. The topological polar surface area (TPSA) is 114 Å². The number of aliphatic carboxylic acids is 1. The van der Waals surface area contributed by atoms with Crippen LogP contribution in [0.2, 0.25) is 0 Å². The van der Waals surface area contributed by atoms with Crippen molar-refractivity contribution in [1.82, 2.24) is 10.6 Å². The van der Waals surface area contributed by atoms with Gasteiger partial charge in [0.1, 0.15) is 11.7 Å². The molecule has 1 rings (SSSR count). The van der Waals surface area contributed by atoms with Gasteiger partial charge in [0.05, 0.1) is 0 Å². The van der Waals surface area contributed by atoms with Gasteiger partial charge in [-0.15, -0.1) is 0 Å². The molecule has 0 unspecified atom stereocenters. The van der Waals surface area contributed by atoms with Crippen LogP contribution < -0.4 is 10.6 Å². The Balaban J connectivity index is 2.17. The lowest BCUT2D eigenvalue weighted by molar-refractivity contribution is -0.151. The molecule has 2 amide bonds. The van der Waals surface area contributed by atoms with Gasteiger partial charge in [0.2, 0.25) is 5.91 Å². The molecule has 1 fully saturated rings. The van der Waals surface area contributed by atoms with Gasteiger partial charge < -0.3 is 25.2 Å². The van der Waals surface area contributed by atoms with Crippen LogP contribution in [0.3, 0.4) is 0 Å². The summed E-state index contributed by atoms with van der Waals surface area (Å²) in [6, 6.07) is 0. The molecule has 8 nitrogen and oxygen atoms in total. The first kappa shape index (κ1) is 17.2. The Morgan fingerprint density at radius 2 is 1.71 bits per heavy atom. The lowest BCUT2D eigenvalue weighted by atomic mass is 10.2. The van der Waals surface area contributed by atoms with Crippen LogP contribution >= 0.6 is 0 Å². The lowest BCUT2D eigenvalue weighted by Crippen LogP contribution is -2.41. The van der Waals surface area contributed by atoms with E-state index in [9.17, 15) is 14.4 Å². The molecule has 1 aliphatic heterocycles. The molecule has 3 N–H and O–H groups in total. The predicted molar refractivity (Wildman–Crippen MR) is 72.8 cm³/mol. The zero-order valence-electron chi connectivity index (χ0n) is 12.5. The van der Waals surface area contributed by atoms with Gasteiger partial charge in [-0.25, -0.2) is 9.59 Å². The number of rotatable bonds is 5. The monoisotopic (exact) mass is 302 g/mol. The first-order chi connectivity index (χ1) is 9.69. The molecule has 1 aliphatic rings. The minimum atomic E-state index is -1.06. The third kappa shape index (κ3) is 6.44. The van der Waals surface area contributed by atoms with Crippen LogP contribution in [-0.2, 0) is 19.1 Å². The Bertz CT molecular complexity index is 404. The molecule has 0 aliphatic carbocycles. The molecular weight excluding hydrogens is 280 g/mol. The average Bonchev–Trinajstić information content (AvgIpc) is 2.81. The van der Waals surface area contributed by atoms with E-state index in [1.165, 1.54) is 0 Å². The minimum Gasteiger partial charge on any atom is -0.479 e. The number of carbonyl (C=O) groups is 3. The standard InChI is InChI=1S/C13H22N2O6/c1-13(2,3)21-12(19)15-7-6-14-10(16)8-4-5-9(20-8)11(17)18/h8-9H,4-7H2,1-3H3,(H,14,16)(H,15,19)(H,17,18)/t8-,9+/m0/s1. The second-order valence-corrected chi connectivity index (χ2v) is 5.75. The fourth-order valence-electron chi connectivity index (χ4n) is 1.79. The van der Waals surface area contributed by atoms with Crippen molar-refractivity contribution in [3.05, 3.63) is 0 Å². The highest BCUT2D eigenvalue weighted by Crippen LogP contribution is 2.19. The Hall–Kier alpha value is -1.83. The molecule has 0 bridgehead atoms. The van der Waals surface area contributed by atoms with Gasteiger partial charge in [0.25, 0.3) is 0 Å². The molecule has 0 radical (unpaired) electrons. The van der Waals surface area contributed by atoms with Crippen molar-refractivity contribution < 1.29 is 29.0 Å². The molecule has 0 aromatic carbocycles. The van der Waals surface area contributed by atoms with E-state index in [2.05, 4.69) is 10.6 Å². The van der Waals surface area contributed by atoms with E-state index in [1.54, 1.807) is 20.8 Å². The quantitative estimate of drug-likeness (QED) is 0.628. The summed E-state index contributed by atoms with van der Waals surface area (Å²) in [5.41, 5.74) is -0.573. The van der Waals surface area contributed by atoms with E-state index in [0.717, 1.165) is 0 Å². The van der Waals surface area contributed by atoms with Gasteiger partial charge in [0, 0.05) is 13.1 Å². The normalized spacial score (nSPS) is 21.7. The smallest absolute Gasteiger partial charge is 0.407 e. The summed E-state index contributed by atoms with van der Waals surface area (Å²) < 4.78 is 10.1. The van der Waals surface area contributed by atoms with Crippen LogP contribution in [0.15, 0.2) is 0 Å². The van der Waals surface area contributed by atoms with Crippen molar-refractivity contribution in [2.45, 2.75) is 51.4 Å². The van der Waals surface area contributed by atoms with Gasteiger partial charge in [-0.2, -0.15) is 0 Å². The fraction of sp³-hybridized carbons (Fsp3) is 0.769. The first-order valence-corrected chi connectivity index (χ1v) is 6.82. The number of nitrogens with one attached hydrogen (secondary N) is 2. The maximum Gasteiger partial charge on any atom is 0.407 e. The Labute approximate surface area is 123 Å². The summed E-state index contributed by atoms with van der Waals surface area (Å²) in [4.78, 5) is 33.8. The minimum absolute atomic E-state index is 0.218. The Morgan fingerprint density at radius 1 is 1.14 bits per heavy atom. The van der Waals surface area contributed by atoms with Crippen LogP contribution in [-0.4, -0.2) is 54.0 Å². The maximum atomic E-state index is 11.7. The lowest BCUT2D eigenvalue weighted by Gasteiger charge is -2.19. The highest BCUT2D eigenvalue weighted by molar-refractivity contribution is 5.82. The molecule has 0 aromatic heterocycles. The van der Waals surface area contributed by atoms with E-state index in [-0.39, 0.29) is 19.0 Å². The predicted octanol–water partition coefficient (Wildman–Crippen LogP) is 0.260. The molecule has 2 atom stereocenters. The number of carboxylic acids is 1. The molecule has 0 saturated carbocycles. The summed E-state index contributed by atoms with van der Waals surface area (Å²) in [5.74, 6) is -1.43. The van der Waals surface area contributed by atoms with Crippen LogP contribution in [0.5, 0.6) is 0 Å². The van der Waals surface area contributed by atoms with Crippen molar-refractivity contribution in [2.75, 3.05) is 13.1 Å². The van der Waals surface area contributed by atoms with Crippen LogP contribution in [0.4, 0.5) is 4.79 Å². The molecule has 1 saturated heterocycles. The summed E-state index contributed by atoms with van der Waals surface area (Å²) >= 11 is 0. The summed E-state index contributed by atoms with van der Waals surface area (Å²) in [6.45, 7) is 5.70. The molecular formula is C13H22N2O6. The number of alkyl carbamates (subject to hydrolysis) is 1. The average molecular weight is 302 g/mol. The van der Waals surface area contributed by atoms with Gasteiger partial charge in [-0.05, 0) is 33.6 Å². The summed E-state index contributed by atoms with van der Waals surface area (Å²) in [6.07, 6.45) is -1.51. The van der Waals surface area contributed by atoms with Crippen molar-refractivity contribution in [3.8, 4) is 0 Å². The number of amides is 2. The van der Waals surface area contributed by atoms with E-state index < -0.39 is 29.9 Å². The van der Waals surface area contributed by atoms with Crippen LogP contribution in [0.1, 0.15) is 33.6 Å². The third-order valence-corrected chi connectivity index (χ3v) is 2.68. The molecule has 120 valence electrons. The SMILES string of the molecule is CC(C)(C)OC(=O)NCCNC(=O)[C@@H]1CC[C@H](C(=O)O)O1. The first-order valence-electron chi connectivity index (χ1n) is 6.82. The van der Waals surface area contributed by atoms with Gasteiger partial charge in [0.15, 0.2) is 6.10 Å². The summed E-state index contributed by atoms with van der Waals surface area (Å²) in [7, 11) is 0. The van der Waals surface area contributed by atoms with Crippen molar-refractivity contribution in [3.63, 3.8) is 0 Å². The van der Waals surface area contributed by atoms with E-state index in [4.69, 9.17) is 14.6 Å². The maximum absolute atomic E-state index is 11.7. The fourth-order valence-corrected chi connectivity index (χ4v) is 1.79. The van der Waals surface area contributed by atoms with Crippen molar-refractivity contribution in [2.24, 2.45) is 0 Å². The number of ether oxygens (including phenoxy) is 2. The number of carbonyl (C=O) groups excluding carboxylic acids is 2. The van der Waals surface area contributed by atoms with Crippen molar-refractivity contribution in [1.29, 1.82) is 0 Å². The second-order valence-electron chi connectivity index (χ2n) is 5.75. The van der Waals surface area contributed by atoms with Crippen LogP contribution in [0, 0.1) is 0 Å².